The molecular weight excluding hydrogens is 262 g/mol. The first kappa shape index (κ1) is 13.1. The lowest BCUT2D eigenvalue weighted by atomic mass is 10.1. The topological polar surface area (TPSA) is 50.9 Å². The van der Waals surface area contributed by atoms with Crippen LogP contribution in [-0.4, -0.2) is 20.1 Å². The van der Waals surface area contributed by atoms with Crippen molar-refractivity contribution in [2.24, 2.45) is 0 Å². The molecule has 1 N–H and O–H groups in total. The zero-order chi connectivity index (χ0) is 14.5. The monoisotopic (exact) mass is 275 g/mol. The van der Waals surface area contributed by atoms with Gasteiger partial charge in [0, 0.05) is 5.56 Å². The highest BCUT2D eigenvalue weighted by molar-refractivity contribution is 5.53. The number of hydrogen-bond donors (Lipinski definition) is 1. The van der Waals surface area contributed by atoms with Crippen LogP contribution in [0.4, 0.5) is 0 Å². The Balaban J connectivity index is 1.99. The lowest BCUT2D eigenvalue weighted by Crippen LogP contribution is -1.98. The number of hydrogen-bond acceptors (Lipinski definition) is 3. The van der Waals surface area contributed by atoms with E-state index in [1.165, 1.54) is 0 Å². The molecule has 102 valence electrons. The number of aromatic nitrogens is 3. The van der Waals surface area contributed by atoms with Gasteiger partial charge in [-0.1, -0.05) is 47.4 Å². The first-order valence-electron chi connectivity index (χ1n) is 6.55. The van der Waals surface area contributed by atoms with E-state index in [0.29, 0.717) is 5.69 Å². The number of nitrogens with zero attached hydrogens (tertiary/aromatic N) is 3. The zero-order valence-electron chi connectivity index (χ0n) is 11.3. The van der Waals surface area contributed by atoms with Crippen molar-refractivity contribution in [2.75, 3.05) is 0 Å². The molecule has 0 amide bonds. The van der Waals surface area contributed by atoms with E-state index in [9.17, 15) is 0 Å². The van der Waals surface area contributed by atoms with Crippen LogP contribution >= 0.6 is 0 Å². The fourth-order valence-electron chi connectivity index (χ4n) is 1.93. The van der Waals surface area contributed by atoms with Crippen LogP contribution in [0, 0.1) is 11.8 Å². The highest BCUT2D eigenvalue weighted by Crippen LogP contribution is 2.13. The molecule has 0 aliphatic rings. The van der Waals surface area contributed by atoms with Gasteiger partial charge >= 0.3 is 0 Å². The summed E-state index contributed by atoms with van der Waals surface area (Å²) in [5.74, 6) is 6.29. The zero-order valence-corrected chi connectivity index (χ0v) is 11.3. The van der Waals surface area contributed by atoms with Gasteiger partial charge in [-0.25, -0.2) is 4.68 Å². The van der Waals surface area contributed by atoms with E-state index in [2.05, 4.69) is 22.2 Å². The van der Waals surface area contributed by atoms with Crippen LogP contribution in [0.3, 0.4) is 0 Å². The number of benzene rings is 2. The molecule has 0 aliphatic carbocycles. The summed E-state index contributed by atoms with van der Waals surface area (Å²) in [4.78, 5) is 0. The normalized spacial score (nSPS) is 9.95. The quantitative estimate of drug-likeness (QED) is 0.729. The van der Waals surface area contributed by atoms with Crippen LogP contribution in [0.25, 0.3) is 5.69 Å². The fraction of sp³-hybridized carbons (Fsp3) is 0.0588. The van der Waals surface area contributed by atoms with E-state index in [-0.39, 0.29) is 6.61 Å². The summed E-state index contributed by atoms with van der Waals surface area (Å²) in [6.45, 7) is -0.127. The molecule has 0 atom stereocenters. The summed E-state index contributed by atoms with van der Waals surface area (Å²) in [5.41, 5.74) is 3.19. The Morgan fingerprint density at radius 3 is 2.48 bits per heavy atom. The Morgan fingerprint density at radius 2 is 1.71 bits per heavy atom. The van der Waals surface area contributed by atoms with Crippen molar-refractivity contribution in [3.8, 4) is 17.5 Å². The van der Waals surface area contributed by atoms with Gasteiger partial charge in [-0.05, 0) is 24.3 Å². The largest absolute Gasteiger partial charge is 0.390 e. The van der Waals surface area contributed by atoms with Gasteiger partial charge in [0.25, 0.3) is 0 Å². The van der Waals surface area contributed by atoms with Crippen LogP contribution < -0.4 is 0 Å². The lowest BCUT2D eigenvalue weighted by Gasteiger charge is -2.02. The first-order valence-corrected chi connectivity index (χ1v) is 6.55. The van der Waals surface area contributed by atoms with Crippen LogP contribution in [-0.2, 0) is 6.61 Å². The van der Waals surface area contributed by atoms with E-state index in [4.69, 9.17) is 5.11 Å². The minimum absolute atomic E-state index is 0.127. The predicted molar refractivity (Wildman–Crippen MR) is 79.7 cm³/mol. The van der Waals surface area contributed by atoms with Gasteiger partial charge in [0.1, 0.15) is 5.69 Å². The molecule has 4 nitrogen and oxygen atoms in total. The van der Waals surface area contributed by atoms with Gasteiger partial charge in [0.2, 0.25) is 0 Å². The highest BCUT2D eigenvalue weighted by atomic mass is 16.3. The molecule has 0 spiro atoms. The molecule has 0 radical (unpaired) electrons. The fourth-order valence-corrected chi connectivity index (χ4v) is 1.93. The number of aliphatic hydroxyl groups is 1. The molecule has 0 unspecified atom stereocenters. The van der Waals surface area contributed by atoms with Crippen molar-refractivity contribution < 1.29 is 5.11 Å². The average Bonchev–Trinajstić information content (AvgIpc) is 3.03. The Hall–Kier alpha value is -2.90. The molecule has 0 saturated heterocycles. The van der Waals surface area contributed by atoms with Crippen molar-refractivity contribution in [1.29, 1.82) is 0 Å². The van der Waals surface area contributed by atoms with E-state index < -0.39 is 0 Å². The van der Waals surface area contributed by atoms with Crippen LogP contribution in [0.2, 0.25) is 0 Å². The Morgan fingerprint density at radius 1 is 0.952 bits per heavy atom. The maximum Gasteiger partial charge on any atom is 0.109 e. The van der Waals surface area contributed by atoms with Crippen molar-refractivity contribution >= 4 is 0 Å². The van der Waals surface area contributed by atoms with Gasteiger partial charge in [-0.15, -0.1) is 5.10 Å². The summed E-state index contributed by atoms with van der Waals surface area (Å²) in [6.07, 6.45) is 1.70. The molecule has 0 aliphatic heterocycles. The first-order chi connectivity index (χ1) is 10.4. The standard InChI is InChI=1S/C17H13N3O/c21-13-16-12-20(19-18-16)17-9-5-4-8-15(17)11-10-14-6-2-1-3-7-14/h1-9,12,21H,13H2. The Bertz CT molecular complexity index is 797. The maximum atomic E-state index is 9.08. The molecule has 3 rings (SSSR count). The molecule has 4 heteroatoms. The average molecular weight is 275 g/mol. The highest BCUT2D eigenvalue weighted by Gasteiger charge is 2.05. The Kier molecular flexibility index (Phi) is 3.77. The Labute approximate surface area is 122 Å². The maximum absolute atomic E-state index is 9.08. The van der Waals surface area contributed by atoms with Crippen molar-refractivity contribution in [3.63, 3.8) is 0 Å². The second-order valence-electron chi connectivity index (χ2n) is 4.45. The molecule has 2 aromatic carbocycles. The summed E-state index contributed by atoms with van der Waals surface area (Å²) < 4.78 is 1.63. The van der Waals surface area contributed by atoms with E-state index in [0.717, 1.165) is 16.8 Å². The third-order valence-corrected chi connectivity index (χ3v) is 2.97. The van der Waals surface area contributed by atoms with Gasteiger partial charge in [-0.2, -0.15) is 0 Å². The van der Waals surface area contributed by atoms with Gasteiger partial charge in [0.05, 0.1) is 24.1 Å². The van der Waals surface area contributed by atoms with Gasteiger partial charge in [0.15, 0.2) is 0 Å². The van der Waals surface area contributed by atoms with E-state index in [1.807, 2.05) is 54.6 Å². The van der Waals surface area contributed by atoms with Crippen LogP contribution in [0.5, 0.6) is 0 Å². The SMILES string of the molecule is OCc1cn(-c2ccccc2C#Cc2ccccc2)nn1. The van der Waals surface area contributed by atoms with E-state index >= 15 is 0 Å². The minimum atomic E-state index is -0.127. The van der Waals surface area contributed by atoms with Crippen LogP contribution in [0.1, 0.15) is 16.8 Å². The number of aliphatic hydroxyl groups excluding tert-OH is 1. The molecule has 3 aromatic rings. The minimum Gasteiger partial charge on any atom is -0.390 e. The predicted octanol–water partition coefficient (Wildman–Crippen LogP) is 2.16. The second-order valence-corrected chi connectivity index (χ2v) is 4.45. The summed E-state index contributed by atoms with van der Waals surface area (Å²) >= 11 is 0. The van der Waals surface area contributed by atoms with Crippen molar-refractivity contribution in [3.05, 3.63) is 77.6 Å². The number of rotatable bonds is 2. The third-order valence-electron chi connectivity index (χ3n) is 2.97. The summed E-state index contributed by atoms with van der Waals surface area (Å²) in [7, 11) is 0. The smallest absolute Gasteiger partial charge is 0.109 e. The number of para-hydroxylation sites is 1. The second kappa shape index (κ2) is 6.04. The molecular formula is C17H13N3O. The third kappa shape index (κ3) is 2.99. The van der Waals surface area contributed by atoms with Gasteiger partial charge in [-0.3, -0.25) is 0 Å². The van der Waals surface area contributed by atoms with Crippen LogP contribution in [0.15, 0.2) is 60.8 Å². The van der Waals surface area contributed by atoms with Crippen molar-refractivity contribution in [2.45, 2.75) is 6.61 Å². The van der Waals surface area contributed by atoms with Crippen molar-refractivity contribution in [1.82, 2.24) is 15.0 Å². The molecule has 0 bridgehead atoms. The molecule has 1 aromatic heterocycles. The van der Waals surface area contributed by atoms with E-state index in [1.54, 1.807) is 10.9 Å². The molecule has 0 fully saturated rings. The molecule has 0 saturated carbocycles. The van der Waals surface area contributed by atoms with Gasteiger partial charge < -0.3 is 5.11 Å². The lowest BCUT2D eigenvalue weighted by molar-refractivity contribution is 0.276. The molecule has 21 heavy (non-hydrogen) atoms. The summed E-state index contributed by atoms with van der Waals surface area (Å²) in [6, 6.07) is 17.5. The molecule has 1 heterocycles. The summed E-state index contributed by atoms with van der Waals surface area (Å²) in [5, 5.41) is 17.0.